The van der Waals surface area contributed by atoms with Crippen molar-refractivity contribution >= 4 is 17.6 Å². The Balaban J connectivity index is 2.02. The maximum absolute atomic E-state index is 10.5. The average molecular weight is 259 g/mol. The smallest absolute Gasteiger partial charge is 0.269 e. The van der Waals surface area contributed by atoms with E-state index < -0.39 is 4.92 Å². The minimum absolute atomic E-state index is 0.0517. The Morgan fingerprint density at radius 2 is 2.00 bits per heavy atom. The molecule has 6 nitrogen and oxygen atoms in total. The summed E-state index contributed by atoms with van der Waals surface area (Å²) in [7, 11) is 0. The van der Waals surface area contributed by atoms with E-state index in [0.717, 1.165) is 17.1 Å². The lowest BCUT2D eigenvalue weighted by Crippen LogP contribution is -1.92. The first kappa shape index (κ1) is 12.8. The summed E-state index contributed by atoms with van der Waals surface area (Å²) in [5.74, 6) is 1.63. The lowest BCUT2D eigenvalue weighted by Gasteiger charge is -1.98. The van der Waals surface area contributed by atoms with Crippen molar-refractivity contribution in [1.29, 1.82) is 0 Å². The monoisotopic (exact) mass is 259 g/mol. The minimum Gasteiger partial charge on any atom is -0.466 e. The molecular weight excluding hydrogens is 246 g/mol. The predicted octanol–water partition coefficient (Wildman–Crippen LogP) is 3.25. The third-order valence-electron chi connectivity index (χ3n) is 2.55. The summed E-state index contributed by atoms with van der Waals surface area (Å²) >= 11 is 0. The fraction of sp³-hybridized carbons (Fsp3) is 0.154. The number of nitro groups is 1. The molecule has 0 fully saturated rings. The number of rotatable bonds is 4. The Kier molecular flexibility index (Phi) is 3.61. The van der Waals surface area contributed by atoms with Gasteiger partial charge in [-0.05, 0) is 32.0 Å². The molecule has 1 heterocycles. The molecule has 2 aromatic rings. The molecule has 2 rings (SSSR count). The molecule has 6 heteroatoms. The normalized spacial score (nSPS) is 10.8. The molecule has 0 aliphatic heterocycles. The lowest BCUT2D eigenvalue weighted by molar-refractivity contribution is -0.384. The highest BCUT2D eigenvalue weighted by molar-refractivity contribution is 5.81. The number of aryl methyl sites for hydroxylation is 2. The standard InChI is InChI=1S/C13H13N3O3/c1-9-7-11(10(2)19-9)8-14-15-12-3-5-13(6-4-12)16(17)18/h3-8,15H,1-2H3/b14-8+. The summed E-state index contributed by atoms with van der Waals surface area (Å²) in [6.07, 6.45) is 1.65. The van der Waals surface area contributed by atoms with E-state index in [4.69, 9.17) is 4.42 Å². The quantitative estimate of drug-likeness (QED) is 0.519. The van der Waals surface area contributed by atoms with Crippen LogP contribution >= 0.6 is 0 Å². The first-order valence-corrected chi connectivity index (χ1v) is 5.67. The first-order chi connectivity index (χ1) is 9.06. The van der Waals surface area contributed by atoms with E-state index in [2.05, 4.69) is 10.5 Å². The number of hydrogen-bond acceptors (Lipinski definition) is 5. The molecule has 19 heavy (non-hydrogen) atoms. The minimum atomic E-state index is -0.440. The van der Waals surface area contributed by atoms with Gasteiger partial charge in [-0.2, -0.15) is 5.10 Å². The van der Waals surface area contributed by atoms with Gasteiger partial charge in [0.25, 0.3) is 5.69 Å². The Morgan fingerprint density at radius 3 is 2.53 bits per heavy atom. The van der Waals surface area contributed by atoms with Gasteiger partial charge in [0.05, 0.1) is 16.8 Å². The molecule has 0 atom stereocenters. The van der Waals surface area contributed by atoms with Gasteiger partial charge in [0.15, 0.2) is 0 Å². The number of nitrogens with one attached hydrogen (secondary N) is 1. The molecule has 0 unspecified atom stereocenters. The SMILES string of the molecule is Cc1cc(/C=N/Nc2ccc([N+](=O)[O-])cc2)c(C)o1. The van der Waals surface area contributed by atoms with Crippen LogP contribution < -0.4 is 5.43 Å². The fourth-order valence-electron chi connectivity index (χ4n) is 1.61. The van der Waals surface area contributed by atoms with E-state index in [0.29, 0.717) is 5.69 Å². The zero-order chi connectivity index (χ0) is 13.8. The second kappa shape index (κ2) is 5.34. The van der Waals surface area contributed by atoms with Crippen LogP contribution in [0.5, 0.6) is 0 Å². The zero-order valence-electron chi connectivity index (χ0n) is 10.6. The predicted molar refractivity (Wildman–Crippen MR) is 72.5 cm³/mol. The fourth-order valence-corrected chi connectivity index (χ4v) is 1.61. The average Bonchev–Trinajstić information content (AvgIpc) is 2.68. The van der Waals surface area contributed by atoms with Crippen molar-refractivity contribution in [1.82, 2.24) is 0 Å². The summed E-state index contributed by atoms with van der Waals surface area (Å²) in [4.78, 5) is 10.1. The number of non-ortho nitro benzene ring substituents is 1. The highest BCUT2D eigenvalue weighted by atomic mass is 16.6. The zero-order valence-corrected chi connectivity index (χ0v) is 10.6. The van der Waals surface area contributed by atoms with Crippen LogP contribution in [-0.2, 0) is 0 Å². The van der Waals surface area contributed by atoms with Crippen molar-refractivity contribution < 1.29 is 9.34 Å². The van der Waals surface area contributed by atoms with Crippen molar-refractivity contribution in [2.24, 2.45) is 5.10 Å². The van der Waals surface area contributed by atoms with E-state index >= 15 is 0 Å². The number of benzene rings is 1. The van der Waals surface area contributed by atoms with E-state index in [1.54, 1.807) is 18.3 Å². The molecule has 0 radical (unpaired) electrons. The van der Waals surface area contributed by atoms with Crippen LogP contribution in [-0.4, -0.2) is 11.1 Å². The van der Waals surface area contributed by atoms with Gasteiger partial charge in [0.1, 0.15) is 11.5 Å². The number of anilines is 1. The molecule has 0 spiro atoms. The number of hydrazone groups is 1. The topological polar surface area (TPSA) is 80.7 Å². The van der Waals surface area contributed by atoms with Gasteiger partial charge in [0, 0.05) is 17.7 Å². The number of nitro benzene ring substituents is 1. The third-order valence-corrected chi connectivity index (χ3v) is 2.55. The molecule has 98 valence electrons. The van der Waals surface area contributed by atoms with Crippen molar-refractivity contribution in [2.45, 2.75) is 13.8 Å². The largest absolute Gasteiger partial charge is 0.466 e. The van der Waals surface area contributed by atoms with Gasteiger partial charge in [-0.3, -0.25) is 15.5 Å². The maximum Gasteiger partial charge on any atom is 0.269 e. The van der Waals surface area contributed by atoms with Gasteiger partial charge < -0.3 is 4.42 Å². The molecule has 0 saturated heterocycles. The van der Waals surface area contributed by atoms with E-state index in [9.17, 15) is 10.1 Å². The van der Waals surface area contributed by atoms with Crippen LogP contribution in [0, 0.1) is 24.0 Å². The van der Waals surface area contributed by atoms with Gasteiger partial charge in [0.2, 0.25) is 0 Å². The molecule has 1 aromatic carbocycles. The molecule has 0 aliphatic rings. The summed E-state index contributed by atoms with van der Waals surface area (Å²) in [5.41, 5.74) is 4.43. The van der Waals surface area contributed by atoms with Crippen molar-refractivity contribution in [2.75, 3.05) is 5.43 Å². The van der Waals surface area contributed by atoms with Crippen LogP contribution in [0.2, 0.25) is 0 Å². The van der Waals surface area contributed by atoms with Crippen molar-refractivity contribution in [3.05, 3.63) is 57.5 Å². The van der Waals surface area contributed by atoms with Gasteiger partial charge in [-0.15, -0.1) is 0 Å². The van der Waals surface area contributed by atoms with Crippen molar-refractivity contribution in [3.8, 4) is 0 Å². The first-order valence-electron chi connectivity index (χ1n) is 5.67. The van der Waals surface area contributed by atoms with E-state index in [1.807, 2.05) is 19.9 Å². The van der Waals surface area contributed by atoms with Crippen LogP contribution in [0.25, 0.3) is 0 Å². The lowest BCUT2D eigenvalue weighted by atomic mass is 10.3. The van der Waals surface area contributed by atoms with E-state index in [-0.39, 0.29) is 5.69 Å². The van der Waals surface area contributed by atoms with Gasteiger partial charge in [-0.1, -0.05) is 0 Å². The number of hydrogen-bond donors (Lipinski definition) is 1. The summed E-state index contributed by atoms with van der Waals surface area (Å²) in [6, 6.07) is 7.93. The number of furan rings is 1. The molecule has 0 bridgehead atoms. The summed E-state index contributed by atoms with van der Waals surface area (Å²) < 4.78 is 5.37. The van der Waals surface area contributed by atoms with Gasteiger partial charge >= 0.3 is 0 Å². The molecule has 1 N–H and O–H groups in total. The Bertz CT molecular complexity index is 615. The Labute approximate surface area is 109 Å². The summed E-state index contributed by atoms with van der Waals surface area (Å²) in [6.45, 7) is 3.73. The highest BCUT2D eigenvalue weighted by Gasteiger charge is 2.03. The highest BCUT2D eigenvalue weighted by Crippen LogP contribution is 2.15. The van der Waals surface area contributed by atoms with Crippen LogP contribution in [0.1, 0.15) is 17.1 Å². The van der Waals surface area contributed by atoms with Gasteiger partial charge in [-0.25, -0.2) is 0 Å². The maximum atomic E-state index is 10.5. The third kappa shape index (κ3) is 3.19. The second-order valence-corrected chi connectivity index (χ2v) is 4.04. The number of nitrogens with zero attached hydrogens (tertiary/aromatic N) is 2. The molecular formula is C13H13N3O3. The van der Waals surface area contributed by atoms with Crippen molar-refractivity contribution in [3.63, 3.8) is 0 Å². The summed E-state index contributed by atoms with van der Waals surface area (Å²) in [5, 5.41) is 14.6. The van der Waals surface area contributed by atoms with Crippen LogP contribution in [0.4, 0.5) is 11.4 Å². The second-order valence-electron chi connectivity index (χ2n) is 4.04. The Morgan fingerprint density at radius 1 is 1.32 bits per heavy atom. The molecule has 0 amide bonds. The molecule has 0 saturated carbocycles. The Hall–Kier alpha value is -2.63. The molecule has 0 aliphatic carbocycles. The molecule has 1 aromatic heterocycles. The van der Waals surface area contributed by atoms with Crippen LogP contribution in [0.3, 0.4) is 0 Å². The van der Waals surface area contributed by atoms with Crippen LogP contribution in [0.15, 0.2) is 39.9 Å². The van der Waals surface area contributed by atoms with E-state index in [1.165, 1.54) is 12.1 Å².